The monoisotopic (exact) mass is 217 g/mol. The third-order valence-corrected chi connectivity index (χ3v) is 2.47. The van der Waals surface area contributed by atoms with Crippen LogP contribution in [0.3, 0.4) is 0 Å². The summed E-state index contributed by atoms with van der Waals surface area (Å²) in [7, 11) is 1.88. The highest BCUT2D eigenvalue weighted by molar-refractivity contribution is 5.71. The molecule has 0 radical (unpaired) electrons. The Hall–Kier alpha value is -2.04. The molecule has 0 unspecified atom stereocenters. The molecule has 2 aromatic rings. The van der Waals surface area contributed by atoms with Crippen molar-refractivity contribution in [3.05, 3.63) is 30.9 Å². The first kappa shape index (κ1) is 10.5. The number of anilines is 1. The average Bonchev–Trinajstić information content (AvgIpc) is 2.73. The number of rotatable bonds is 3. The van der Waals surface area contributed by atoms with Crippen LogP contribution in [0.1, 0.15) is 5.69 Å². The molecule has 0 aromatic carbocycles. The summed E-state index contributed by atoms with van der Waals surface area (Å²) < 4.78 is 3.62. The van der Waals surface area contributed by atoms with E-state index in [0.717, 1.165) is 17.0 Å². The van der Waals surface area contributed by atoms with Crippen molar-refractivity contribution in [1.29, 1.82) is 0 Å². The van der Waals surface area contributed by atoms with Crippen LogP contribution in [0.15, 0.2) is 25.2 Å². The molecule has 16 heavy (non-hydrogen) atoms. The summed E-state index contributed by atoms with van der Waals surface area (Å²) in [4.78, 5) is 4.32. The first-order chi connectivity index (χ1) is 7.63. The van der Waals surface area contributed by atoms with Crippen LogP contribution in [0.2, 0.25) is 0 Å². The first-order valence-electron chi connectivity index (χ1n) is 5.05. The van der Waals surface area contributed by atoms with Crippen molar-refractivity contribution >= 4 is 5.82 Å². The van der Waals surface area contributed by atoms with E-state index in [1.165, 1.54) is 0 Å². The molecule has 0 bridgehead atoms. The van der Waals surface area contributed by atoms with Gasteiger partial charge in [-0.05, 0) is 6.92 Å². The van der Waals surface area contributed by atoms with Gasteiger partial charge in [0, 0.05) is 25.4 Å². The molecule has 0 spiro atoms. The van der Waals surface area contributed by atoms with Crippen molar-refractivity contribution in [1.82, 2.24) is 19.3 Å². The highest BCUT2D eigenvalue weighted by atomic mass is 15.3. The van der Waals surface area contributed by atoms with E-state index >= 15 is 0 Å². The lowest BCUT2D eigenvalue weighted by Gasteiger charge is -2.01. The molecule has 2 rings (SSSR count). The van der Waals surface area contributed by atoms with Gasteiger partial charge in [-0.15, -0.1) is 6.58 Å². The number of nitrogens with two attached hydrogens (primary N) is 1. The van der Waals surface area contributed by atoms with Crippen LogP contribution in [-0.2, 0) is 13.6 Å². The topological polar surface area (TPSA) is 61.7 Å². The molecule has 84 valence electrons. The Morgan fingerprint density at radius 1 is 1.56 bits per heavy atom. The Morgan fingerprint density at radius 3 is 2.88 bits per heavy atom. The minimum absolute atomic E-state index is 0.649. The molecular formula is C11H15N5. The van der Waals surface area contributed by atoms with E-state index in [1.807, 2.05) is 24.7 Å². The number of aromatic nitrogens is 4. The normalized spacial score (nSPS) is 10.6. The molecule has 0 saturated heterocycles. The second kappa shape index (κ2) is 3.84. The molecule has 0 aliphatic heterocycles. The number of allylic oxidation sites excluding steroid dienone is 1. The fourth-order valence-corrected chi connectivity index (χ4v) is 1.72. The van der Waals surface area contributed by atoms with Crippen LogP contribution in [0, 0.1) is 6.92 Å². The summed E-state index contributed by atoms with van der Waals surface area (Å²) in [6, 6.07) is 0. The number of nitrogen functional groups attached to an aromatic ring is 1. The quantitative estimate of drug-likeness (QED) is 0.790. The highest BCUT2D eigenvalue weighted by Gasteiger charge is 2.13. The highest BCUT2D eigenvalue weighted by Crippen LogP contribution is 2.26. The van der Waals surface area contributed by atoms with Crippen LogP contribution in [-0.4, -0.2) is 19.3 Å². The SMILES string of the molecule is C=CCn1cnc(-c2cn(C)nc2C)c1N. The zero-order chi connectivity index (χ0) is 11.7. The Balaban J connectivity index is 2.48. The third-order valence-electron chi connectivity index (χ3n) is 2.47. The summed E-state index contributed by atoms with van der Waals surface area (Å²) in [6.45, 7) is 6.29. The lowest BCUT2D eigenvalue weighted by Crippen LogP contribution is -2.00. The number of nitrogens with zero attached hydrogens (tertiary/aromatic N) is 4. The molecule has 0 amide bonds. The zero-order valence-corrected chi connectivity index (χ0v) is 9.51. The largest absolute Gasteiger partial charge is 0.383 e. The molecule has 5 nitrogen and oxygen atoms in total. The van der Waals surface area contributed by atoms with Gasteiger partial charge in [-0.25, -0.2) is 4.98 Å². The Labute approximate surface area is 94.2 Å². The van der Waals surface area contributed by atoms with E-state index in [0.29, 0.717) is 12.4 Å². The molecule has 2 N–H and O–H groups in total. The number of hydrogen-bond acceptors (Lipinski definition) is 3. The van der Waals surface area contributed by atoms with Crippen molar-refractivity contribution in [3.63, 3.8) is 0 Å². The minimum Gasteiger partial charge on any atom is -0.383 e. The second-order valence-electron chi connectivity index (χ2n) is 3.72. The molecule has 0 fully saturated rings. The van der Waals surface area contributed by atoms with Crippen LogP contribution in [0.4, 0.5) is 5.82 Å². The fraction of sp³-hybridized carbons (Fsp3) is 0.273. The van der Waals surface area contributed by atoms with Crippen molar-refractivity contribution in [2.24, 2.45) is 7.05 Å². The van der Waals surface area contributed by atoms with Crippen molar-refractivity contribution < 1.29 is 0 Å². The third kappa shape index (κ3) is 1.60. The summed E-state index contributed by atoms with van der Waals surface area (Å²) in [5.74, 6) is 0.649. The fourth-order valence-electron chi connectivity index (χ4n) is 1.72. The predicted molar refractivity (Wildman–Crippen MR) is 63.8 cm³/mol. The molecule has 0 aliphatic rings. The predicted octanol–water partition coefficient (Wildman–Crippen LogP) is 1.36. The first-order valence-corrected chi connectivity index (χ1v) is 5.05. The Kier molecular flexibility index (Phi) is 2.52. The van der Waals surface area contributed by atoms with Gasteiger partial charge in [0.05, 0.1) is 12.0 Å². The smallest absolute Gasteiger partial charge is 0.131 e. The summed E-state index contributed by atoms with van der Waals surface area (Å²) >= 11 is 0. The van der Waals surface area contributed by atoms with E-state index in [-0.39, 0.29) is 0 Å². The van der Waals surface area contributed by atoms with E-state index < -0.39 is 0 Å². The van der Waals surface area contributed by atoms with Gasteiger partial charge in [-0.1, -0.05) is 6.08 Å². The van der Waals surface area contributed by atoms with E-state index in [9.17, 15) is 0 Å². The molecule has 0 saturated carbocycles. The molecular weight excluding hydrogens is 202 g/mol. The Morgan fingerprint density at radius 2 is 2.31 bits per heavy atom. The lowest BCUT2D eigenvalue weighted by atomic mass is 10.2. The van der Waals surface area contributed by atoms with Crippen LogP contribution >= 0.6 is 0 Å². The standard InChI is InChI=1S/C11H15N5/c1-4-5-16-7-13-10(11(16)12)9-6-15(3)14-8(9)2/h4,6-7H,1,5,12H2,2-3H3. The van der Waals surface area contributed by atoms with Crippen molar-refractivity contribution in [3.8, 4) is 11.3 Å². The maximum Gasteiger partial charge on any atom is 0.131 e. The molecule has 0 aliphatic carbocycles. The van der Waals surface area contributed by atoms with Crippen molar-refractivity contribution in [2.45, 2.75) is 13.5 Å². The summed E-state index contributed by atoms with van der Waals surface area (Å²) in [5.41, 5.74) is 8.70. The number of aryl methyl sites for hydroxylation is 2. The van der Waals surface area contributed by atoms with Crippen LogP contribution < -0.4 is 5.73 Å². The lowest BCUT2D eigenvalue weighted by molar-refractivity contribution is 0.756. The maximum atomic E-state index is 6.02. The molecule has 2 aromatic heterocycles. The van der Waals surface area contributed by atoms with Crippen LogP contribution in [0.5, 0.6) is 0 Å². The van der Waals surface area contributed by atoms with Gasteiger partial charge in [0.15, 0.2) is 0 Å². The number of hydrogen-bond donors (Lipinski definition) is 1. The van der Waals surface area contributed by atoms with E-state index in [4.69, 9.17) is 5.73 Å². The van der Waals surface area contributed by atoms with Gasteiger partial charge in [0.25, 0.3) is 0 Å². The van der Waals surface area contributed by atoms with Crippen molar-refractivity contribution in [2.75, 3.05) is 5.73 Å². The Bertz CT molecular complexity index is 520. The van der Waals surface area contributed by atoms with E-state index in [1.54, 1.807) is 17.1 Å². The zero-order valence-electron chi connectivity index (χ0n) is 9.51. The number of imidazole rings is 1. The van der Waals surface area contributed by atoms with Gasteiger partial charge in [-0.2, -0.15) is 5.10 Å². The second-order valence-corrected chi connectivity index (χ2v) is 3.72. The molecule has 0 atom stereocenters. The average molecular weight is 217 g/mol. The van der Waals surface area contributed by atoms with Crippen LogP contribution in [0.25, 0.3) is 11.3 Å². The minimum atomic E-state index is 0.649. The summed E-state index contributed by atoms with van der Waals surface area (Å²) in [6.07, 6.45) is 5.43. The molecule has 2 heterocycles. The van der Waals surface area contributed by atoms with E-state index in [2.05, 4.69) is 16.7 Å². The summed E-state index contributed by atoms with van der Waals surface area (Å²) in [5, 5.41) is 4.28. The van der Waals surface area contributed by atoms with Gasteiger partial charge in [-0.3, -0.25) is 4.68 Å². The maximum absolute atomic E-state index is 6.02. The van der Waals surface area contributed by atoms with Gasteiger partial charge < -0.3 is 10.3 Å². The van der Waals surface area contributed by atoms with Gasteiger partial charge >= 0.3 is 0 Å². The molecule has 5 heteroatoms. The van der Waals surface area contributed by atoms with Gasteiger partial charge in [0.2, 0.25) is 0 Å². The van der Waals surface area contributed by atoms with Gasteiger partial charge in [0.1, 0.15) is 11.5 Å².